The van der Waals surface area contributed by atoms with Crippen molar-refractivity contribution >= 4 is 143 Å². The van der Waals surface area contributed by atoms with Gasteiger partial charge < -0.3 is 166 Å². The number of nitrogens with zero attached hydrogens (tertiary/aromatic N) is 2. The van der Waals surface area contributed by atoms with Crippen LogP contribution in [0.1, 0.15) is 203 Å². The smallest absolute Gasteiger partial charge is 0.326 e. The summed E-state index contributed by atoms with van der Waals surface area (Å²) >= 11 is 5.37. The number of amides is 19. The molecule has 804 valence electrons. The van der Waals surface area contributed by atoms with Gasteiger partial charge >= 0.3 is 5.97 Å². The van der Waals surface area contributed by atoms with Gasteiger partial charge in [0.05, 0.1) is 32.0 Å². The Morgan fingerprint density at radius 1 is 0.376 bits per heavy atom. The number of carboxylic acids is 1. The Bertz CT molecular complexity index is 4060. The minimum atomic E-state index is -1.96. The predicted octanol–water partition coefficient (Wildman–Crippen LogP) is -11.3. The minimum Gasteiger partial charge on any atom is -0.480 e. The standard InChI is InChI=1S/C87H159N27O25S2/c1-10-45(3)65(111-82(134)66(46(4)11-2)110-71(123)51(92)44-140)81(133)109-59(41-115)76(128)98-48(6)69(121)104-57(32-40-141-9)85(137)114-39-22-29-63(114)80(132)112-67(50(8)118)83(135)103-54(25-14-18-35-90)75(127)107-61(43-117)78(130)108-60(42-116)77(129)102-55(27-20-37-96-87(94)95)73(125)101-52(23-12-16-33-88)72(124)97-47(5)68(120)100-53(24-13-17-34-89)74(126)105-56(26-15-19-36-91)84(136)113-38-21-28-62(113)79(131)99-49(7)70(122)106-58(86(138)139)30-31-64(93)119/h45-63,65-67,87,96,115-118,140H,10-44,88-92,94-95H2,1-9H3,(H2,93,119)(H,97,124)(H,98,128)(H,99,131)(H,100,120)(H,101,125)(H,102,129)(H,103,135)(H,104,121)(H,105,126)(H,106,122)(H,107,127)(H,108,130)(H,109,133)(H,110,123)(H,111,134)(H,112,132)(H,138,139)/t45-,46-,47-,48-,49-,50+,51-,52-,53-,54-,55-,56-,57-,58-,59-,60-,61-,62-,63-,65-,66-,67-/m0/s1. The number of thioether (sulfide) groups is 1. The van der Waals surface area contributed by atoms with Gasteiger partial charge in [-0.3, -0.25) is 96.4 Å². The van der Waals surface area contributed by atoms with Gasteiger partial charge in [0.25, 0.3) is 0 Å². The summed E-state index contributed by atoms with van der Waals surface area (Å²) in [5.41, 5.74) is 45.7. The number of carbonyl (C=O) groups excluding carboxylic acids is 19. The van der Waals surface area contributed by atoms with Crippen LogP contribution in [0.5, 0.6) is 0 Å². The maximum atomic E-state index is 14.6. The maximum Gasteiger partial charge on any atom is 0.326 e. The molecule has 38 N–H and O–H groups in total. The van der Waals surface area contributed by atoms with E-state index in [1.165, 1.54) is 37.4 Å². The molecule has 0 aromatic heterocycles. The summed E-state index contributed by atoms with van der Waals surface area (Å²) in [5.74, 6) is -19.7. The first kappa shape index (κ1) is 127. The second-order valence-electron chi connectivity index (χ2n) is 35.4. The monoisotopic (exact) mass is 2050 g/mol. The van der Waals surface area contributed by atoms with E-state index >= 15 is 0 Å². The molecular weight excluding hydrogens is 1890 g/mol. The first-order valence-electron chi connectivity index (χ1n) is 48.1. The number of aliphatic carboxylic acids is 1. The molecule has 0 bridgehead atoms. The second-order valence-corrected chi connectivity index (χ2v) is 36.7. The molecular formula is C87H159N27O25S2. The lowest BCUT2D eigenvalue weighted by Crippen LogP contribution is -2.62. The van der Waals surface area contributed by atoms with Crippen LogP contribution in [0.4, 0.5) is 0 Å². The van der Waals surface area contributed by atoms with Gasteiger partial charge in [0, 0.05) is 25.3 Å². The Morgan fingerprint density at radius 3 is 1.06 bits per heavy atom. The number of hydrogen-bond donors (Lipinski definition) is 31. The minimum absolute atomic E-state index is 0.00852. The summed E-state index contributed by atoms with van der Waals surface area (Å²) in [4.78, 5) is 279. The predicted molar refractivity (Wildman–Crippen MR) is 521 cm³/mol. The van der Waals surface area contributed by atoms with Gasteiger partial charge in [-0.25, -0.2) is 4.79 Å². The van der Waals surface area contributed by atoms with Gasteiger partial charge in [-0.15, -0.1) is 0 Å². The van der Waals surface area contributed by atoms with Crippen molar-refractivity contribution in [2.45, 2.75) is 330 Å². The van der Waals surface area contributed by atoms with Gasteiger partial charge in [-0.05, 0) is 213 Å². The number of aliphatic hydroxyl groups is 4. The molecule has 0 aromatic rings. The van der Waals surface area contributed by atoms with Crippen LogP contribution in [0.25, 0.3) is 0 Å². The number of thiol groups is 1. The van der Waals surface area contributed by atoms with E-state index in [0.717, 1.165) is 11.8 Å². The van der Waals surface area contributed by atoms with Gasteiger partial charge in [0.1, 0.15) is 115 Å². The maximum absolute atomic E-state index is 14.6. The van der Waals surface area contributed by atoms with E-state index in [9.17, 15) is 121 Å². The van der Waals surface area contributed by atoms with E-state index in [1.54, 1.807) is 34.0 Å². The van der Waals surface area contributed by atoms with E-state index in [1.807, 2.05) is 0 Å². The molecule has 2 aliphatic heterocycles. The topological polar surface area (TPSA) is 862 Å². The van der Waals surface area contributed by atoms with E-state index < -0.39 is 277 Å². The highest BCUT2D eigenvalue weighted by Crippen LogP contribution is 2.24. The molecule has 0 aromatic carbocycles. The van der Waals surface area contributed by atoms with Crippen LogP contribution in [0.3, 0.4) is 0 Å². The Hall–Kier alpha value is -10.4. The highest BCUT2D eigenvalue weighted by molar-refractivity contribution is 7.98. The molecule has 52 nitrogen and oxygen atoms in total. The number of likely N-dealkylation sites (tertiary alicyclic amines) is 2. The average molecular weight is 2050 g/mol. The van der Waals surface area contributed by atoms with Crippen molar-refractivity contribution in [3.8, 4) is 0 Å². The number of unbranched alkanes of at least 4 members (excludes halogenated alkanes) is 4. The van der Waals surface area contributed by atoms with Crippen molar-refractivity contribution < 1.29 is 121 Å². The zero-order valence-corrected chi connectivity index (χ0v) is 84.0. The highest BCUT2D eigenvalue weighted by Gasteiger charge is 2.45. The Kier molecular flexibility index (Phi) is 61.1. The normalized spacial score (nSPS) is 17.8. The summed E-state index contributed by atoms with van der Waals surface area (Å²) in [6.45, 7) is 9.23. The summed E-state index contributed by atoms with van der Waals surface area (Å²) in [5, 5.41) is 95.0. The summed E-state index contributed by atoms with van der Waals surface area (Å²) < 4.78 is 0. The fourth-order valence-corrected chi connectivity index (χ4v) is 15.7. The third kappa shape index (κ3) is 44.6. The SMILES string of the molecule is CC[C@H](C)[C@H](NC(=O)[C@@H](NC(=O)[C@@H](N)CS)[C@@H](C)CC)C(=O)N[C@@H](CO)C(=O)N[C@@H](C)C(=O)N[C@@H](CCSC)C(=O)N1CCC[C@H]1C(=O)N[C@H](C(=O)N[C@@H](CCCCN)C(=O)N[C@@H](CO)C(=O)N[C@@H](CO)C(=O)N[C@@H](CCCNC(N)N)C(=O)N[C@@H](CCCCN)C(=O)N[C@@H](C)C(=O)N[C@@H](CCCCN)C(=O)N[C@@H](CCCCN)C(=O)N1CCC[C@H]1C(=O)N[C@@H](C)C(=O)N[C@@H](CCC(N)=O)C(=O)O)[C@@H](C)O. The van der Waals surface area contributed by atoms with Crippen LogP contribution in [-0.4, -0.2) is 364 Å². The quantitative estimate of drug-likeness (QED) is 0.0153. The summed E-state index contributed by atoms with van der Waals surface area (Å²) in [6.07, 6.45) is 1.58. The number of carbonyl (C=O) groups is 20. The molecule has 2 saturated heterocycles. The van der Waals surface area contributed by atoms with E-state index in [2.05, 4.69) is 103 Å². The molecule has 54 heteroatoms. The van der Waals surface area contributed by atoms with E-state index in [4.69, 9.17) is 45.9 Å². The molecule has 2 rings (SSSR count). The fourth-order valence-electron chi connectivity index (χ4n) is 15.1. The second kappa shape index (κ2) is 68.0. The third-order valence-corrected chi connectivity index (χ3v) is 25.1. The Morgan fingerprint density at radius 2 is 0.688 bits per heavy atom. The molecule has 0 radical (unpaired) electrons. The average Bonchev–Trinajstić information content (AvgIpc) is 1.72. The zero-order valence-electron chi connectivity index (χ0n) is 82.3. The van der Waals surface area contributed by atoms with Crippen LogP contribution >= 0.6 is 24.4 Å². The number of nitrogens with two attached hydrogens (primary N) is 8. The van der Waals surface area contributed by atoms with E-state index in [-0.39, 0.29) is 160 Å². The number of aliphatic hydroxyl groups excluding tert-OH is 4. The Balaban J connectivity index is 2.39. The van der Waals surface area contributed by atoms with Crippen molar-refractivity contribution in [2.24, 2.45) is 57.7 Å². The molecule has 19 amide bonds. The third-order valence-electron chi connectivity index (χ3n) is 24.1. The van der Waals surface area contributed by atoms with Gasteiger partial charge in [0.15, 0.2) is 0 Å². The number of nitrogens with one attached hydrogen (secondary N) is 17. The van der Waals surface area contributed by atoms with Crippen LogP contribution in [0.15, 0.2) is 0 Å². The van der Waals surface area contributed by atoms with Crippen molar-refractivity contribution in [2.75, 3.05) is 83.4 Å². The first-order chi connectivity index (χ1) is 66.7. The molecule has 0 spiro atoms. The van der Waals surface area contributed by atoms with Gasteiger partial charge in [-0.1, -0.05) is 40.5 Å². The molecule has 22 atom stereocenters. The summed E-state index contributed by atoms with van der Waals surface area (Å²) in [7, 11) is 0. The highest BCUT2D eigenvalue weighted by atomic mass is 32.2. The number of hydrogen-bond acceptors (Lipinski definition) is 34. The zero-order chi connectivity index (χ0) is 106. The lowest BCUT2D eigenvalue weighted by molar-refractivity contribution is -0.143. The molecule has 141 heavy (non-hydrogen) atoms. The summed E-state index contributed by atoms with van der Waals surface area (Å²) in [6, 6.07) is -27.8. The molecule has 0 unspecified atom stereocenters. The fraction of sp³-hybridized carbons (Fsp3) is 0.770. The largest absolute Gasteiger partial charge is 0.480 e. The lowest BCUT2D eigenvalue weighted by atomic mass is 9.94. The Labute approximate surface area is 831 Å². The number of primary amides is 1. The molecule has 0 saturated carbocycles. The first-order valence-corrected chi connectivity index (χ1v) is 50.2. The van der Waals surface area contributed by atoms with Crippen molar-refractivity contribution in [3.05, 3.63) is 0 Å². The van der Waals surface area contributed by atoms with Crippen LogP contribution in [0.2, 0.25) is 0 Å². The van der Waals surface area contributed by atoms with E-state index in [0.29, 0.717) is 44.9 Å². The van der Waals surface area contributed by atoms with Crippen LogP contribution in [-0.2, 0) is 95.9 Å². The number of rotatable bonds is 71. The molecule has 2 fully saturated rings. The number of carboxylic acid groups (broad SMARTS) is 1. The van der Waals surface area contributed by atoms with Gasteiger partial charge in [0.2, 0.25) is 112 Å². The molecule has 2 aliphatic rings. The molecule has 0 aliphatic carbocycles. The van der Waals surface area contributed by atoms with Crippen LogP contribution < -0.4 is 136 Å². The van der Waals surface area contributed by atoms with Gasteiger partial charge in [-0.2, -0.15) is 24.4 Å². The lowest BCUT2D eigenvalue weighted by Gasteiger charge is -2.31. The van der Waals surface area contributed by atoms with Crippen LogP contribution in [0, 0.1) is 11.8 Å². The van der Waals surface area contributed by atoms with Crippen molar-refractivity contribution in [1.29, 1.82) is 0 Å². The van der Waals surface area contributed by atoms with Crippen molar-refractivity contribution in [3.63, 3.8) is 0 Å². The molecule has 2 heterocycles. The van der Waals surface area contributed by atoms with Crippen molar-refractivity contribution in [1.82, 2.24) is 100 Å².